The smallest absolute Gasteiger partial charge is 0.259 e. The molecule has 0 unspecified atom stereocenters. The molecule has 1 aromatic heterocycles. The van der Waals surface area contributed by atoms with Gasteiger partial charge in [-0.2, -0.15) is 0 Å². The van der Waals surface area contributed by atoms with Crippen LogP contribution in [0.5, 0.6) is 0 Å². The number of amides is 1. The van der Waals surface area contributed by atoms with Gasteiger partial charge in [-0.05, 0) is 50.6 Å². The van der Waals surface area contributed by atoms with Crippen LogP contribution in [0, 0.1) is 6.92 Å². The molecule has 23 heavy (non-hydrogen) atoms. The molecule has 1 fully saturated rings. The monoisotopic (exact) mass is 330 g/mol. The van der Waals surface area contributed by atoms with Crippen molar-refractivity contribution in [3.8, 4) is 0 Å². The second kappa shape index (κ2) is 7.06. The van der Waals surface area contributed by atoms with Crippen molar-refractivity contribution >= 4 is 23.2 Å². The summed E-state index contributed by atoms with van der Waals surface area (Å²) in [7, 11) is 0. The third-order valence-electron chi connectivity index (χ3n) is 3.97. The number of nitrogens with one attached hydrogen (secondary N) is 2. The normalized spacial score (nSPS) is 17.7. The second-order valence-corrected chi connectivity index (χ2v) is 6.13. The summed E-state index contributed by atoms with van der Waals surface area (Å²) in [5.74, 6) is 0.554. The number of hydrogen-bond donors (Lipinski definition) is 2. The molecule has 0 radical (unpaired) electrons. The minimum Gasteiger partial charge on any atom is -0.322 e. The molecular weight excluding hydrogens is 312 g/mol. The van der Waals surface area contributed by atoms with Gasteiger partial charge in [0.1, 0.15) is 5.82 Å². The minimum atomic E-state index is -0.215. The number of hydrogen-bond acceptors (Lipinski definition) is 4. The number of halogens is 1. The third-order valence-corrected chi connectivity index (χ3v) is 4.22. The van der Waals surface area contributed by atoms with Crippen LogP contribution >= 0.6 is 11.6 Å². The van der Waals surface area contributed by atoms with E-state index in [2.05, 4.69) is 20.6 Å². The Balaban J connectivity index is 1.74. The largest absolute Gasteiger partial charge is 0.322 e. The molecule has 0 aliphatic carbocycles. The van der Waals surface area contributed by atoms with E-state index < -0.39 is 0 Å². The van der Waals surface area contributed by atoms with Gasteiger partial charge < -0.3 is 10.6 Å². The highest BCUT2D eigenvalue weighted by molar-refractivity contribution is 6.30. The standard InChI is InChI=1S/C17H19ClN4O/c1-11-14(17(23)22-13-7-5-12(18)6-8-13)10-20-16(21-11)15-4-2-3-9-19-15/h5-8,10,15,19H,2-4,9H2,1H3,(H,22,23)/t15-/m0/s1. The summed E-state index contributed by atoms with van der Waals surface area (Å²) >= 11 is 5.84. The van der Waals surface area contributed by atoms with Crippen molar-refractivity contribution in [1.29, 1.82) is 0 Å². The second-order valence-electron chi connectivity index (χ2n) is 5.69. The number of anilines is 1. The number of carbonyl (C=O) groups is 1. The maximum Gasteiger partial charge on any atom is 0.259 e. The van der Waals surface area contributed by atoms with Crippen LogP contribution in [0.25, 0.3) is 0 Å². The molecule has 2 N–H and O–H groups in total. The molecule has 6 heteroatoms. The van der Waals surface area contributed by atoms with Gasteiger partial charge >= 0.3 is 0 Å². The first kappa shape index (κ1) is 15.9. The van der Waals surface area contributed by atoms with Gasteiger partial charge in [-0.3, -0.25) is 4.79 Å². The Bertz CT molecular complexity index is 696. The fraction of sp³-hybridized carbons (Fsp3) is 0.353. The summed E-state index contributed by atoms with van der Waals surface area (Å²) in [5.41, 5.74) is 1.87. The van der Waals surface area contributed by atoms with Gasteiger partial charge in [-0.15, -0.1) is 0 Å². The Morgan fingerprint density at radius 3 is 2.74 bits per heavy atom. The van der Waals surface area contributed by atoms with Gasteiger partial charge in [0, 0.05) is 16.9 Å². The zero-order valence-electron chi connectivity index (χ0n) is 13.0. The Hall–Kier alpha value is -1.98. The Morgan fingerprint density at radius 2 is 2.09 bits per heavy atom. The number of aromatic nitrogens is 2. The highest BCUT2D eigenvalue weighted by atomic mass is 35.5. The van der Waals surface area contributed by atoms with Crippen molar-refractivity contribution in [2.75, 3.05) is 11.9 Å². The Morgan fingerprint density at radius 1 is 1.30 bits per heavy atom. The van der Waals surface area contributed by atoms with E-state index in [-0.39, 0.29) is 11.9 Å². The van der Waals surface area contributed by atoms with Gasteiger partial charge in [-0.25, -0.2) is 9.97 Å². The molecule has 0 spiro atoms. The predicted molar refractivity (Wildman–Crippen MR) is 90.8 cm³/mol. The number of rotatable bonds is 3. The average Bonchev–Trinajstić information content (AvgIpc) is 2.57. The lowest BCUT2D eigenvalue weighted by molar-refractivity contribution is 0.102. The quantitative estimate of drug-likeness (QED) is 0.903. The van der Waals surface area contributed by atoms with Gasteiger partial charge in [0.05, 0.1) is 17.3 Å². The fourth-order valence-corrected chi connectivity index (χ4v) is 2.81. The zero-order valence-corrected chi connectivity index (χ0v) is 13.7. The summed E-state index contributed by atoms with van der Waals surface area (Å²) < 4.78 is 0. The number of aryl methyl sites for hydroxylation is 1. The van der Waals surface area contributed by atoms with E-state index in [1.807, 2.05) is 6.92 Å². The molecule has 1 aromatic carbocycles. The Labute approximate surface area is 140 Å². The molecule has 5 nitrogen and oxygen atoms in total. The molecule has 1 atom stereocenters. The molecule has 3 rings (SSSR count). The van der Waals surface area contributed by atoms with E-state index in [1.54, 1.807) is 30.5 Å². The first-order chi connectivity index (χ1) is 11.1. The lowest BCUT2D eigenvalue weighted by Crippen LogP contribution is -2.29. The van der Waals surface area contributed by atoms with Crippen molar-refractivity contribution in [3.63, 3.8) is 0 Å². The molecule has 2 heterocycles. The molecule has 120 valence electrons. The molecular formula is C17H19ClN4O. The van der Waals surface area contributed by atoms with E-state index in [0.29, 0.717) is 22.0 Å². The lowest BCUT2D eigenvalue weighted by Gasteiger charge is -2.22. The van der Waals surface area contributed by atoms with Crippen LogP contribution < -0.4 is 10.6 Å². The van der Waals surface area contributed by atoms with Crippen molar-refractivity contribution in [2.45, 2.75) is 32.2 Å². The van der Waals surface area contributed by atoms with E-state index in [0.717, 1.165) is 18.8 Å². The third kappa shape index (κ3) is 3.86. The van der Waals surface area contributed by atoms with Gasteiger partial charge in [0.2, 0.25) is 0 Å². The number of carbonyl (C=O) groups excluding carboxylic acids is 1. The van der Waals surface area contributed by atoms with E-state index in [4.69, 9.17) is 11.6 Å². The van der Waals surface area contributed by atoms with Crippen LogP contribution in [-0.2, 0) is 0 Å². The summed E-state index contributed by atoms with van der Waals surface area (Å²) in [4.78, 5) is 21.3. The van der Waals surface area contributed by atoms with Gasteiger partial charge in [-0.1, -0.05) is 18.0 Å². The summed E-state index contributed by atoms with van der Waals surface area (Å²) in [6, 6.07) is 7.18. The molecule has 1 amide bonds. The molecule has 1 aliphatic rings. The number of piperidine rings is 1. The van der Waals surface area contributed by atoms with Gasteiger partial charge in [0.15, 0.2) is 0 Å². The van der Waals surface area contributed by atoms with Crippen molar-refractivity contribution in [2.24, 2.45) is 0 Å². The van der Waals surface area contributed by atoms with Crippen molar-refractivity contribution < 1.29 is 4.79 Å². The highest BCUT2D eigenvalue weighted by Gasteiger charge is 2.19. The van der Waals surface area contributed by atoms with Gasteiger partial charge in [0.25, 0.3) is 5.91 Å². The minimum absolute atomic E-state index is 0.191. The van der Waals surface area contributed by atoms with E-state index in [1.165, 1.54) is 12.8 Å². The van der Waals surface area contributed by atoms with Crippen LogP contribution in [0.4, 0.5) is 5.69 Å². The predicted octanol–water partition coefficient (Wildman–Crippen LogP) is 3.51. The number of nitrogens with zero attached hydrogens (tertiary/aromatic N) is 2. The molecule has 0 bridgehead atoms. The summed E-state index contributed by atoms with van der Waals surface area (Å²) in [6.07, 6.45) is 5.02. The molecule has 2 aromatic rings. The highest BCUT2D eigenvalue weighted by Crippen LogP contribution is 2.21. The van der Waals surface area contributed by atoms with Crippen molar-refractivity contribution in [1.82, 2.24) is 15.3 Å². The topological polar surface area (TPSA) is 66.9 Å². The maximum absolute atomic E-state index is 12.4. The van der Waals surface area contributed by atoms with Crippen LogP contribution in [0.3, 0.4) is 0 Å². The molecule has 1 aliphatic heterocycles. The summed E-state index contributed by atoms with van der Waals surface area (Å²) in [5, 5.41) is 6.88. The zero-order chi connectivity index (χ0) is 16.2. The van der Waals surface area contributed by atoms with Crippen LogP contribution in [-0.4, -0.2) is 22.4 Å². The molecule has 1 saturated heterocycles. The number of benzene rings is 1. The van der Waals surface area contributed by atoms with Crippen LogP contribution in [0.2, 0.25) is 5.02 Å². The average molecular weight is 331 g/mol. The van der Waals surface area contributed by atoms with Crippen molar-refractivity contribution in [3.05, 3.63) is 52.6 Å². The SMILES string of the molecule is Cc1nc([C@@H]2CCCCN2)ncc1C(=O)Nc1ccc(Cl)cc1. The van der Waals surface area contributed by atoms with Crippen LogP contribution in [0.15, 0.2) is 30.5 Å². The van der Waals surface area contributed by atoms with Crippen LogP contribution in [0.1, 0.15) is 47.2 Å². The Kier molecular flexibility index (Phi) is 4.88. The first-order valence-electron chi connectivity index (χ1n) is 7.77. The summed E-state index contributed by atoms with van der Waals surface area (Å²) in [6.45, 7) is 2.83. The first-order valence-corrected chi connectivity index (χ1v) is 8.15. The fourth-order valence-electron chi connectivity index (χ4n) is 2.68. The van der Waals surface area contributed by atoms with E-state index in [9.17, 15) is 4.79 Å². The maximum atomic E-state index is 12.4. The van der Waals surface area contributed by atoms with E-state index >= 15 is 0 Å². The molecule has 0 saturated carbocycles. The lowest BCUT2D eigenvalue weighted by atomic mass is 10.0.